The van der Waals surface area contributed by atoms with Crippen LogP contribution < -0.4 is 16.4 Å². The quantitative estimate of drug-likeness (QED) is 0.250. The van der Waals surface area contributed by atoms with E-state index < -0.39 is 60.2 Å². The predicted octanol–water partition coefficient (Wildman–Crippen LogP) is -1.64. The number of carboxylic acid groups (broad SMARTS) is 3. The van der Waals surface area contributed by atoms with Crippen molar-refractivity contribution < 1.29 is 39.3 Å². The van der Waals surface area contributed by atoms with Gasteiger partial charge in [-0.15, -0.1) is 0 Å². The fourth-order valence-electron chi connectivity index (χ4n) is 1.84. The largest absolute Gasteiger partial charge is 0.481 e. The molecule has 0 saturated carbocycles. The Morgan fingerprint density at radius 1 is 0.920 bits per heavy atom. The van der Waals surface area contributed by atoms with Gasteiger partial charge in [0.15, 0.2) is 0 Å². The minimum absolute atomic E-state index is 0.202. The van der Waals surface area contributed by atoms with Crippen LogP contribution in [-0.4, -0.2) is 63.2 Å². The van der Waals surface area contributed by atoms with Crippen LogP contribution in [0.1, 0.15) is 33.1 Å². The molecule has 0 bridgehead atoms. The van der Waals surface area contributed by atoms with Crippen molar-refractivity contribution in [3.05, 3.63) is 0 Å². The van der Waals surface area contributed by atoms with Crippen LogP contribution in [0.15, 0.2) is 0 Å². The Labute approximate surface area is 143 Å². The van der Waals surface area contributed by atoms with E-state index in [2.05, 4.69) is 10.6 Å². The van der Waals surface area contributed by atoms with E-state index in [4.69, 9.17) is 21.1 Å². The summed E-state index contributed by atoms with van der Waals surface area (Å²) in [5.74, 6) is -6.22. The maximum atomic E-state index is 12.1. The van der Waals surface area contributed by atoms with Crippen LogP contribution in [0, 0.1) is 5.92 Å². The zero-order chi connectivity index (χ0) is 19.7. The molecule has 0 spiro atoms. The average molecular weight is 361 g/mol. The number of rotatable bonds is 11. The topological polar surface area (TPSA) is 196 Å². The van der Waals surface area contributed by atoms with E-state index in [0.717, 1.165) is 0 Å². The number of nitrogens with one attached hydrogen (secondary N) is 2. The number of carbonyl (C=O) groups is 5. The average Bonchev–Trinajstić information content (AvgIpc) is 2.47. The summed E-state index contributed by atoms with van der Waals surface area (Å²) in [5, 5.41) is 30.7. The molecule has 2 amide bonds. The van der Waals surface area contributed by atoms with Crippen LogP contribution >= 0.6 is 0 Å². The van der Waals surface area contributed by atoms with E-state index in [-0.39, 0.29) is 12.8 Å². The first-order chi connectivity index (χ1) is 11.5. The highest BCUT2D eigenvalue weighted by molar-refractivity contribution is 5.94. The lowest BCUT2D eigenvalue weighted by Crippen LogP contribution is -2.56. The Morgan fingerprint density at radius 3 is 1.88 bits per heavy atom. The van der Waals surface area contributed by atoms with Gasteiger partial charge in [-0.25, -0.2) is 4.79 Å². The standard InChI is InChI=1S/C14H23N3O8/c1-6(2)11(14(24)25)17-13(23)8(5-10(20)21)16-12(22)7(15)3-4-9(18)19/h6-8,11H,3-5,15H2,1-2H3,(H,16,22)(H,17,23)(H,18,19)(H,20,21)(H,24,25)/t7-,8-,11-/m0/s1. The molecule has 11 nitrogen and oxygen atoms in total. The van der Waals surface area contributed by atoms with Gasteiger partial charge in [0.05, 0.1) is 12.5 Å². The van der Waals surface area contributed by atoms with Gasteiger partial charge in [-0.05, 0) is 12.3 Å². The zero-order valence-corrected chi connectivity index (χ0v) is 13.9. The first kappa shape index (κ1) is 22.3. The molecule has 0 heterocycles. The summed E-state index contributed by atoms with van der Waals surface area (Å²) in [6.45, 7) is 3.09. The van der Waals surface area contributed by atoms with E-state index in [0.29, 0.717) is 0 Å². The predicted molar refractivity (Wildman–Crippen MR) is 83.4 cm³/mol. The van der Waals surface area contributed by atoms with E-state index in [1.807, 2.05) is 0 Å². The fraction of sp³-hybridized carbons (Fsp3) is 0.643. The van der Waals surface area contributed by atoms with Crippen LogP contribution in [0.3, 0.4) is 0 Å². The molecule has 0 aromatic heterocycles. The maximum Gasteiger partial charge on any atom is 0.326 e. The summed E-state index contributed by atoms with van der Waals surface area (Å²) < 4.78 is 0. The smallest absolute Gasteiger partial charge is 0.326 e. The molecular formula is C14H23N3O8. The highest BCUT2D eigenvalue weighted by atomic mass is 16.4. The molecule has 0 aromatic rings. The number of carbonyl (C=O) groups excluding carboxylic acids is 2. The van der Waals surface area contributed by atoms with Crippen LogP contribution in [0.4, 0.5) is 0 Å². The van der Waals surface area contributed by atoms with Crippen molar-refractivity contribution in [3.63, 3.8) is 0 Å². The van der Waals surface area contributed by atoms with Crippen LogP contribution in [-0.2, 0) is 24.0 Å². The molecule has 0 aliphatic heterocycles. The van der Waals surface area contributed by atoms with E-state index in [1.54, 1.807) is 13.8 Å². The summed E-state index contributed by atoms with van der Waals surface area (Å²) >= 11 is 0. The Morgan fingerprint density at radius 2 is 1.48 bits per heavy atom. The summed E-state index contributed by atoms with van der Waals surface area (Å²) in [6, 6.07) is -4.05. The Kier molecular flexibility index (Phi) is 9.13. The normalized spacial score (nSPS) is 14.2. The van der Waals surface area contributed by atoms with Crippen molar-refractivity contribution in [1.82, 2.24) is 10.6 Å². The van der Waals surface area contributed by atoms with Crippen molar-refractivity contribution in [2.24, 2.45) is 11.7 Å². The molecule has 0 radical (unpaired) electrons. The van der Waals surface area contributed by atoms with Crippen molar-refractivity contribution >= 4 is 29.7 Å². The number of aliphatic carboxylic acids is 3. The molecule has 3 atom stereocenters. The first-order valence-corrected chi connectivity index (χ1v) is 7.48. The molecule has 25 heavy (non-hydrogen) atoms. The number of carboxylic acids is 3. The monoisotopic (exact) mass is 361 g/mol. The SMILES string of the molecule is CC(C)[C@H](NC(=O)[C@H](CC(=O)O)NC(=O)[C@@H](N)CCC(=O)O)C(=O)O. The second-order valence-corrected chi connectivity index (χ2v) is 5.77. The Balaban J connectivity index is 5.01. The van der Waals surface area contributed by atoms with Gasteiger partial charge in [-0.3, -0.25) is 19.2 Å². The molecule has 7 N–H and O–H groups in total. The summed E-state index contributed by atoms with van der Waals surface area (Å²) in [5.41, 5.74) is 5.49. The third kappa shape index (κ3) is 8.65. The summed E-state index contributed by atoms with van der Waals surface area (Å²) in [7, 11) is 0. The minimum atomic E-state index is -1.54. The Bertz CT molecular complexity index is 534. The molecule has 0 aliphatic rings. The lowest BCUT2D eigenvalue weighted by molar-refractivity contribution is -0.144. The molecule has 0 fully saturated rings. The highest BCUT2D eigenvalue weighted by Gasteiger charge is 2.30. The van der Waals surface area contributed by atoms with Crippen molar-refractivity contribution in [3.8, 4) is 0 Å². The molecule has 0 rings (SSSR count). The first-order valence-electron chi connectivity index (χ1n) is 7.48. The summed E-state index contributed by atoms with van der Waals surface area (Å²) in [6.07, 6.45) is -1.36. The van der Waals surface area contributed by atoms with Gasteiger partial charge in [0.1, 0.15) is 12.1 Å². The van der Waals surface area contributed by atoms with E-state index >= 15 is 0 Å². The van der Waals surface area contributed by atoms with Crippen LogP contribution in [0.2, 0.25) is 0 Å². The van der Waals surface area contributed by atoms with Gasteiger partial charge < -0.3 is 31.7 Å². The van der Waals surface area contributed by atoms with Crippen molar-refractivity contribution in [1.29, 1.82) is 0 Å². The number of hydrogen-bond acceptors (Lipinski definition) is 6. The number of hydrogen-bond donors (Lipinski definition) is 6. The van der Waals surface area contributed by atoms with Crippen molar-refractivity contribution in [2.75, 3.05) is 0 Å². The molecular weight excluding hydrogens is 338 g/mol. The van der Waals surface area contributed by atoms with Gasteiger partial charge in [-0.2, -0.15) is 0 Å². The highest BCUT2D eigenvalue weighted by Crippen LogP contribution is 2.04. The lowest BCUT2D eigenvalue weighted by atomic mass is 10.0. The number of amides is 2. The minimum Gasteiger partial charge on any atom is -0.481 e. The van der Waals surface area contributed by atoms with Crippen LogP contribution in [0.25, 0.3) is 0 Å². The molecule has 0 unspecified atom stereocenters. The van der Waals surface area contributed by atoms with Crippen molar-refractivity contribution in [2.45, 2.75) is 51.2 Å². The summed E-state index contributed by atoms with van der Waals surface area (Å²) in [4.78, 5) is 56.5. The molecule has 11 heteroatoms. The van der Waals surface area contributed by atoms with Gasteiger partial charge in [0.2, 0.25) is 11.8 Å². The second kappa shape index (κ2) is 10.2. The molecule has 0 aliphatic carbocycles. The maximum absolute atomic E-state index is 12.1. The molecule has 0 saturated heterocycles. The van der Waals surface area contributed by atoms with Gasteiger partial charge >= 0.3 is 17.9 Å². The van der Waals surface area contributed by atoms with Gasteiger partial charge in [0.25, 0.3) is 0 Å². The zero-order valence-electron chi connectivity index (χ0n) is 13.9. The van der Waals surface area contributed by atoms with Gasteiger partial charge in [-0.1, -0.05) is 13.8 Å². The Hall–Kier alpha value is -2.69. The van der Waals surface area contributed by atoms with E-state index in [1.165, 1.54) is 0 Å². The molecule has 0 aromatic carbocycles. The van der Waals surface area contributed by atoms with Crippen LogP contribution in [0.5, 0.6) is 0 Å². The number of nitrogens with two attached hydrogens (primary N) is 1. The third-order valence-corrected chi connectivity index (χ3v) is 3.25. The molecule has 142 valence electrons. The fourth-order valence-corrected chi connectivity index (χ4v) is 1.84. The lowest BCUT2D eigenvalue weighted by Gasteiger charge is -2.23. The van der Waals surface area contributed by atoms with E-state index in [9.17, 15) is 24.0 Å². The second-order valence-electron chi connectivity index (χ2n) is 5.77. The third-order valence-electron chi connectivity index (χ3n) is 3.25. The van der Waals surface area contributed by atoms with Gasteiger partial charge in [0, 0.05) is 6.42 Å².